The van der Waals surface area contributed by atoms with Crippen molar-refractivity contribution in [3.8, 4) is 5.75 Å². The van der Waals surface area contributed by atoms with Crippen LogP contribution < -0.4 is 10.7 Å². The van der Waals surface area contributed by atoms with Crippen LogP contribution in [0.3, 0.4) is 0 Å². The summed E-state index contributed by atoms with van der Waals surface area (Å²) in [7, 11) is 0. The number of benzene rings is 1. The quantitative estimate of drug-likeness (QED) is 0.344. The third-order valence-corrected chi connectivity index (χ3v) is 4.23. The average molecular weight is 329 g/mol. The van der Waals surface area contributed by atoms with Crippen LogP contribution in [0.5, 0.6) is 5.75 Å². The number of aromatic hydroxyl groups is 1. The zero-order chi connectivity index (χ0) is 17.4. The van der Waals surface area contributed by atoms with Crippen LogP contribution in [0, 0.1) is 19.8 Å². The van der Waals surface area contributed by atoms with Gasteiger partial charge in [-0.15, -0.1) is 0 Å². The molecule has 4 N–H and O–H groups in total. The molecule has 1 aromatic heterocycles. The zero-order valence-corrected chi connectivity index (χ0v) is 13.6. The van der Waals surface area contributed by atoms with Gasteiger partial charge in [0.2, 0.25) is 0 Å². The standard InChI is InChI=1S/C16H19N5O3/c1-8-14(16(17)19-23)15(13-9(2)20-24-10(13)3)21(18-8)11-4-6-12(22)7-5-11/h4-7,14-15,22-23H,1-3H3,(H2,17,19). The third kappa shape index (κ3) is 2.45. The van der Waals surface area contributed by atoms with Gasteiger partial charge in [0.15, 0.2) is 5.84 Å². The number of rotatable bonds is 3. The van der Waals surface area contributed by atoms with Crippen molar-refractivity contribution >= 4 is 17.2 Å². The Morgan fingerprint density at radius 2 is 1.92 bits per heavy atom. The Labute approximate surface area is 138 Å². The first-order chi connectivity index (χ1) is 11.4. The predicted molar refractivity (Wildman–Crippen MR) is 89.3 cm³/mol. The highest BCUT2D eigenvalue weighted by Gasteiger charge is 2.42. The van der Waals surface area contributed by atoms with E-state index in [4.69, 9.17) is 10.3 Å². The van der Waals surface area contributed by atoms with E-state index < -0.39 is 5.92 Å². The number of phenolic OH excluding ortho intramolecular Hbond substituents is 1. The largest absolute Gasteiger partial charge is 0.508 e. The lowest BCUT2D eigenvalue weighted by Gasteiger charge is -2.27. The topological polar surface area (TPSA) is 120 Å². The fraction of sp³-hybridized carbons (Fsp3) is 0.312. The van der Waals surface area contributed by atoms with Crippen LogP contribution in [0.25, 0.3) is 0 Å². The number of oxime groups is 1. The Balaban J connectivity index is 2.15. The lowest BCUT2D eigenvalue weighted by molar-refractivity contribution is 0.314. The summed E-state index contributed by atoms with van der Waals surface area (Å²) in [6.07, 6.45) is 0. The van der Waals surface area contributed by atoms with E-state index in [1.807, 2.05) is 20.8 Å². The Morgan fingerprint density at radius 1 is 1.25 bits per heavy atom. The van der Waals surface area contributed by atoms with Crippen molar-refractivity contribution in [2.75, 3.05) is 5.01 Å². The molecule has 1 aliphatic heterocycles. The van der Waals surface area contributed by atoms with Crippen LogP contribution >= 0.6 is 0 Å². The second-order valence-electron chi connectivity index (χ2n) is 5.79. The summed E-state index contributed by atoms with van der Waals surface area (Å²) >= 11 is 0. The second-order valence-corrected chi connectivity index (χ2v) is 5.79. The Morgan fingerprint density at radius 3 is 2.46 bits per heavy atom. The maximum Gasteiger partial charge on any atom is 0.150 e. The predicted octanol–water partition coefficient (Wildman–Crippen LogP) is 2.30. The van der Waals surface area contributed by atoms with Gasteiger partial charge in [-0.25, -0.2) is 0 Å². The summed E-state index contributed by atoms with van der Waals surface area (Å²) in [6.45, 7) is 5.49. The van der Waals surface area contributed by atoms with Crippen molar-refractivity contribution < 1.29 is 14.8 Å². The minimum Gasteiger partial charge on any atom is -0.508 e. The van der Waals surface area contributed by atoms with Gasteiger partial charge in [0, 0.05) is 11.3 Å². The minimum atomic E-state index is -0.416. The number of aromatic nitrogens is 1. The highest BCUT2D eigenvalue weighted by atomic mass is 16.5. The molecule has 0 fully saturated rings. The van der Waals surface area contributed by atoms with E-state index in [0.29, 0.717) is 11.5 Å². The van der Waals surface area contributed by atoms with Crippen molar-refractivity contribution in [2.24, 2.45) is 21.9 Å². The maximum absolute atomic E-state index is 9.52. The second kappa shape index (κ2) is 5.88. The van der Waals surface area contributed by atoms with Crippen LogP contribution in [0.1, 0.15) is 30.0 Å². The van der Waals surface area contributed by atoms with Crippen LogP contribution in [0.15, 0.2) is 39.0 Å². The summed E-state index contributed by atoms with van der Waals surface area (Å²) in [4.78, 5) is 0. The first-order valence-electron chi connectivity index (χ1n) is 7.47. The molecule has 1 aromatic carbocycles. The number of amidine groups is 1. The lowest BCUT2D eigenvalue weighted by atomic mass is 9.88. The number of nitrogens with two attached hydrogens (primary N) is 1. The summed E-state index contributed by atoms with van der Waals surface area (Å²) in [5.41, 5.74) is 8.98. The van der Waals surface area contributed by atoms with Crippen molar-refractivity contribution in [1.29, 1.82) is 0 Å². The number of phenols is 1. The molecule has 1 aliphatic rings. The molecule has 24 heavy (non-hydrogen) atoms. The van der Waals surface area contributed by atoms with Crippen molar-refractivity contribution in [2.45, 2.75) is 26.8 Å². The number of hydrazone groups is 1. The van der Waals surface area contributed by atoms with Gasteiger partial charge in [0.05, 0.1) is 23.3 Å². The third-order valence-electron chi connectivity index (χ3n) is 4.23. The monoisotopic (exact) mass is 329 g/mol. The van der Waals surface area contributed by atoms with Gasteiger partial charge >= 0.3 is 0 Å². The van der Waals surface area contributed by atoms with Crippen LogP contribution in [0.4, 0.5) is 5.69 Å². The molecule has 0 amide bonds. The van der Waals surface area contributed by atoms with E-state index >= 15 is 0 Å². The van der Waals surface area contributed by atoms with Crippen LogP contribution in [-0.4, -0.2) is 27.0 Å². The molecular weight excluding hydrogens is 310 g/mol. The van der Waals surface area contributed by atoms with Gasteiger partial charge in [-0.3, -0.25) is 5.01 Å². The average Bonchev–Trinajstić information content (AvgIpc) is 3.06. The molecular formula is C16H19N5O3. The van der Waals surface area contributed by atoms with Crippen molar-refractivity contribution in [1.82, 2.24) is 5.16 Å². The molecule has 2 unspecified atom stereocenters. The molecule has 0 saturated heterocycles. The summed E-state index contributed by atoms with van der Waals surface area (Å²) in [5, 5.41) is 32.3. The number of hydrogen-bond donors (Lipinski definition) is 3. The molecule has 2 heterocycles. The summed E-state index contributed by atoms with van der Waals surface area (Å²) in [6, 6.07) is 6.33. The molecule has 2 atom stereocenters. The molecule has 3 rings (SSSR count). The van der Waals surface area contributed by atoms with Gasteiger partial charge < -0.3 is 20.6 Å². The maximum atomic E-state index is 9.52. The van der Waals surface area contributed by atoms with Gasteiger partial charge in [0.25, 0.3) is 0 Å². The van der Waals surface area contributed by atoms with Gasteiger partial charge in [-0.1, -0.05) is 10.3 Å². The van der Waals surface area contributed by atoms with E-state index in [2.05, 4.69) is 15.4 Å². The molecule has 0 bridgehead atoms. The van der Waals surface area contributed by atoms with E-state index in [-0.39, 0.29) is 17.6 Å². The Kier molecular flexibility index (Phi) is 3.88. The fourth-order valence-corrected chi connectivity index (χ4v) is 3.13. The van der Waals surface area contributed by atoms with Crippen molar-refractivity contribution in [3.63, 3.8) is 0 Å². The Hall–Kier alpha value is -3.03. The summed E-state index contributed by atoms with van der Waals surface area (Å²) < 4.78 is 5.30. The van der Waals surface area contributed by atoms with Crippen LogP contribution in [0.2, 0.25) is 0 Å². The number of aryl methyl sites for hydroxylation is 2. The SMILES string of the molecule is CC1=NN(c2ccc(O)cc2)C(c2c(C)noc2C)C1/C(N)=N/O. The number of nitrogens with zero attached hydrogens (tertiary/aromatic N) is 4. The highest BCUT2D eigenvalue weighted by Crippen LogP contribution is 2.41. The molecule has 0 aliphatic carbocycles. The molecule has 126 valence electrons. The molecule has 2 aromatic rings. The first-order valence-corrected chi connectivity index (χ1v) is 7.47. The van der Waals surface area contributed by atoms with E-state index in [1.165, 1.54) is 0 Å². The minimum absolute atomic E-state index is 0.0718. The molecule has 8 heteroatoms. The lowest BCUT2D eigenvalue weighted by Crippen LogP contribution is -2.35. The highest BCUT2D eigenvalue weighted by molar-refractivity contribution is 6.07. The number of anilines is 1. The molecule has 0 radical (unpaired) electrons. The first kappa shape index (κ1) is 15.9. The Bertz CT molecular complexity index is 790. The van der Waals surface area contributed by atoms with Gasteiger partial charge in [-0.05, 0) is 45.0 Å². The van der Waals surface area contributed by atoms with Gasteiger partial charge in [0.1, 0.15) is 11.5 Å². The summed E-state index contributed by atoms with van der Waals surface area (Å²) in [5.74, 6) is 0.477. The van der Waals surface area contributed by atoms with E-state index in [0.717, 1.165) is 16.9 Å². The molecule has 0 saturated carbocycles. The van der Waals surface area contributed by atoms with Crippen LogP contribution in [-0.2, 0) is 0 Å². The normalized spacial score (nSPS) is 21.2. The van der Waals surface area contributed by atoms with E-state index in [1.54, 1.807) is 29.3 Å². The van der Waals surface area contributed by atoms with Crippen molar-refractivity contribution in [3.05, 3.63) is 41.3 Å². The van der Waals surface area contributed by atoms with Gasteiger partial charge in [-0.2, -0.15) is 5.10 Å². The smallest absolute Gasteiger partial charge is 0.150 e. The molecule has 0 spiro atoms. The zero-order valence-electron chi connectivity index (χ0n) is 13.6. The molecule has 8 nitrogen and oxygen atoms in total. The fourth-order valence-electron chi connectivity index (χ4n) is 3.13. The van der Waals surface area contributed by atoms with E-state index in [9.17, 15) is 10.3 Å². The number of hydrogen-bond acceptors (Lipinski definition) is 7.